The van der Waals surface area contributed by atoms with Crippen molar-refractivity contribution in [3.63, 3.8) is 0 Å². The number of hydrogen-bond donors (Lipinski definition) is 1. The number of nitrogens with zero attached hydrogens (tertiary/aromatic N) is 1. The van der Waals surface area contributed by atoms with Crippen LogP contribution in [0.15, 0.2) is 18.2 Å². The molecule has 1 unspecified atom stereocenters. The summed E-state index contributed by atoms with van der Waals surface area (Å²) < 4.78 is 18.9. The zero-order chi connectivity index (χ0) is 12.7. The first-order valence-corrected chi connectivity index (χ1v) is 6.57. The van der Waals surface area contributed by atoms with Crippen LogP contribution in [-0.2, 0) is 0 Å². The minimum Gasteiger partial charge on any atom is -0.488 e. The molecule has 0 radical (unpaired) electrons. The monoisotopic (exact) mass is 250 g/mol. The molecule has 98 valence electrons. The van der Waals surface area contributed by atoms with Gasteiger partial charge in [-0.05, 0) is 44.9 Å². The second-order valence-electron chi connectivity index (χ2n) is 5.44. The van der Waals surface area contributed by atoms with E-state index in [4.69, 9.17) is 10.5 Å². The molecule has 3 rings (SSSR count). The summed E-state index contributed by atoms with van der Waals surface area (Å²) in [4.78, 5) is 2.47. The molecule has 4 heteroatoms. The molecule has 2 N–H and O–H groups in total. The zero-order valence-electron chi connectivity index (χ0n) is 10.6. The highest BCUT2D eigenvalue weighted by Gasteiger charge is 2.39. The van der Waals surface area contributed by atoms with E-state index in [0.717, 1.165) is 12.8 Å². The fourth-order valence-electron chi connectivity index (χ4n) is 3.26. The van der Waals surface area contributed by atoms with Gasteiger partial charge in [-0.2, -0.15) is 0 Å². The number of rotatable bonds is 2. The highest BCUT2D eigenvalue weighted by atomic mass is 19.1. The van der Waals surface area contributed by atoms with Gasteiger partial charge in [-0.3, -0.25) is 0 Å². The van der Waals surface area contributed by atoms with Gasteiger partial charge in [-0.15, -0.1) is 0 Å². The lowest BCUT2D eigenvalue weighted by atomic mass is 10.0. The highest BCUT2D eigenvalue weighted by molar-refractivity contribution is 5.52. The van der Waals surface area contributed by atoms with E-state index in [0.29, 0.717) is 23.5 Å². The molecule has 2 bridgehead atoms. The van der Waals surface area contributed by atoms with E-state index in [1.807, 2.05) is 0 Å². The van der Waals surface area contributed by atoms with Crippen LogP contribution in [0.25, 0.3) is 0 Å². The van der Waals surface area contributed by atoms with Crippen molar-refractivity contribution in [2.75, 3.05) is 12.8 Å². The van der Waals surface area contributed by atoms with Crippen LogP contribution < -0.4 is 10.5 Å². The Morgan fingerprint density at radius 1 is 1.28 bits per heavy atom. The maximum Gasteiger partial charge on any atom is 0.142 e. The van der Waals surface area contributed by atoms with Crippen LogP contribution in [0, 0.1) is 5.82 Å². The molecule has 3 nitrogen and oxygen atoms in total. The SMILES string of the molecule is CN1[C@@H]2CC[C@H]1CC(Oc1ccc(F)cc1N)C2. The van der Waals surface area contributed by atoms with Gasteiger partial charge in [0.25, 0.3) is 0 Å². The van der Waals surface area contributed by atoms with Crippen LogP contribution in [0.1, 0.15) is 25.7 Å². The minimum absolute atomic E-state index is 0.214. The molecule has 1 aromatic rings. The summed E-state index contributed by atoms with van der Waals surface area (Å²) in [5.41, 5.74) is 6.17. The van der Waals surface area contributed by atoms with Gasteiger partial charge >= 0.3 is 0 Å². The Bertz CT molecular complexity index is 437. The average molecular weight is 250 g/mol. The Balaban J connectivity index is 1.70. The molecule has 2 heterocycles. The number of ether oxygens (including phenoxy) is 1. The minimum atomic E-state index is -0.316. The molecule has 0 aliphatic carbocycles. The molecule has 2 aliphatic rings. The highest BCUT2D eigenvalue weighted by Crippen LogP contribution is 2.36. The van der Waals surface area contributed by atoms with Gasteiger partial charge in [0, 0.05) is 18.2 Å². The molecule has 2 fully saturated rings. The van der Waals surface area contributed by atoms with Crippen LogP contribution >= 0.6 is 0 Å². The van der Waals surface area contributed by atoms with Crippen molar-refractivity contribution in [2.24, 2.45) is 0 Å². The Kier molecular flexibility index (Phi) is 2.90. The van der Waals surface area contributed by atoms with Gasteiger partial charge in [0.1, 0.15) is 17.7 Å². The smallest absolute Gasteiger partial charge is 0.142 e. The molecule has 18 heavy (non-hydrogen) atoms. The standard InChI is InChI=1S/C14H19FN2O/c1-17-10-3-4-11(17)8-12(7-10)18-14-5-2-9(15)6-13(14)16/h2,5-6,10-12H,3-4,7-8,16H2,1H3/t10-,11+,12?. The van der Waals surface area contributed by atoms with E-state index in [2.05, 4.69) is 11.9 Å². The lowest BCUT2D eigenvalue weighted by Crippen LogP contribution is -2.43. The van der Waals surface area contributed by atoms with Crippen LogP contribution in [0.5, 0.6) is 5.75 Å². The van der Waals surface area contributed by atoms with Gasteiger partial charge in [0.15, 0.2) is 0 Å². The second-order valence-corrected chi connectivity index (χ2v) is 5.44. The van der Waals surface area contributed by atoms with Crippen LogP contribution in [-0.4, -0.2) is 30.1 Å². The number of benzene rings is 1. The first-order chi connectivity index (χ1) is 8.63. The first-order valence-electron chi connectivity index (χ1n) is 6.57. The van der Waals surface area contributed by atoms with Crippen LogP contribution in [0.2, 0.25) is 0 Å². The molecule has 2 saturated heterocycles. The molecule has 2 aliphatic heterocycles. The number of hydrogen-bond acceptors (Lipinski definition) is 3. The Hall–Kier alpha value is -1.29. The molecule has 0 aromatic heterocycles. The van der Waals surface area contributed by atoms with Crippen LogP contribution in [0.4, 0.5) is 10.1 Å². The second kappa shape index (κ2) is 4.43. The Morgan fingerprint density at radius 2 is 1.94 bits per heavy atom. The molecule has 0 amide bonds. The van der Waals surface area contributed by atoms with Gasteiger partial charge < -0.3 is 15.4 Å². The Labute approximate surface area is 107 Å². The van der Waals surface area contributed by atoms with Crippen molar-refractivity contribution in [1.82, 2.24) is 4.90 Å². The summed E-state index contributed by atoms with van der Waals surface area (Å²) in [5, 5.41) is 0. The number of piperidine rings is 1. The van der Waals surface area contributed by atoms with Crippen molar-refractivity contribution >= 4 is 5.69 Å². The molecule has 3 atom stereocenters. The number of fused-ring (bicyclic) bond motifs is 2. The fraction of sp³-hybridized carbons (Fsp3) is 0.571. The Morgan fingerprint density at radius 3 is 2.56 bits per heavy atom. The van der Waals surface area contributed by atoms with Crippen molar-refractivity contribution in [3.8, 4) is 5.75 Å². The summed E-state index contributed by atoms with van der Waals surface area (Å²) in [6.07, 6.45) is 4.83. The van der Waals surface area contributed by atoms with Crippen molar-refractivity contribution in [2.45, 2.75) is 43.9 Å². The van der Waals surface area contributed by atoms with E-state index in [1.54, 1.807) is 6.07 Å². The third-order valence-corrected chi connectivity index (χ3v) is 4.32. The predicted octanol–water partition coefficient (Wildman–Crippen LogP) is 2.41. The number of nitrogen functional groups attached to an aromatic ring is 1. The van der Waals surface area contributed by atoms with E-state index in [1.165, 1.54) is 25.0 Å². The molecule has 0 saturated carbocycles. The average Bonchev–Trinajstić information content (AvgIpc) is 2.57. The molecular weight excluding hydrogens is 231 g/mol. The summed E-state index contributed by atoms with van der Waals surface area (Å²) in [5.74, 6) is 0.300. The molecule has 0 spiro atoms. The summed E-state index contributed by atoms with van der Waals surface area (Å²) in [6.45, 7) is 0. The van der Waals surface area contributed by atoms with E-state index in [-0.39, 0.29) is 11.9 Å². The largest absolute Gasteiger partial charge is 0.488 e. The molecular formula is C14H19FN2O. The van der Waals surface area contributed by atoms with Crippen LogP contribution in [0.3, 0.4) is 0 Å². The molecule has 1 aromatic carbocycles. The van der Waals surface area contributed by atoms with Gasteiger partial charge in [-0.1, -0.05) is 0 Å². The first kappa shape index (κ1) is 11.8. The third-order valence-electron chi connectivity index (χ3n) is 4.32. The lowest BCUT2D eigenvalue weighted by molar-refractivity contribution is 0.0666. The van der Waals surface area contributed by atoms with Gasteiger partial charge in [0.2, 0.25) is 0 Å². The summed E-state index contributed by atoms with van der Waals surface area (Å²) in [7, 11) is 2.20. The number of nitrogens with two attached hydrogens (primary N) is 1. The van der Waals surface area contributed by atoms with E-state index >= 15 is 0 Å². The quantitative estimate of drug-likeness (QED) is 0.819. The zero-order valence-corrected chi connectivity index (χ0v) is 10.6. The maximum atomic E-state index is 13.0. The lowest BCUT2D eigenvalue weighted by Gasteiger charge is -2.36. The van der Waals surface area contributed by atoms with Crippen molar-refractivity contribution in [1.29, 1.82) is 0 Å². The number of anilines is 1. The number of halogens is 1. The fourth-order valence-corrected chi connectivity index (χ4v) is 3.26. The van der Waals surface area contributed by atoms with Crippen molar-refractivity contribution < 1.29 is 9.13 Å². The van der Waals surface area contributed by atoms with E-state index < -0.39 is 0 Å². The predicted molar refractivity (Wildman–Crippen MR) is 69.0 cm³/mol. The maximum absolute atomic E-state index is 13.0. The summed E-state index contributed by atoms with van der Waals surface area (Å²) in [6, 6.07) is 5.62. The summed E-state index contributed by atoms with van der Waals surface area (Å²) >= 11 is 0. The van der Waals surface area contributed by atoms with Gasteiger partial charge in [-0.25, -0.2) is 4.39 Å². The van der Waals surface area contributed by atoms with Gasteiger partial charge in [0.05, 0.1) is 5.69 Å². The normalized spacial score (nSPS) is 31.6. The van der Waals surface area contributed by atoms with E-state index in [9.17, 15) is 4.39 Å². The van der Waals surface area contributed by atoms with Crippen molar-refractivity contribution in [3.05, 3.63) is 24.0 Å². The topological polar surface area (TPSA) is 38.5 Å². The third kappa shape index (κ3) is 2.05.